The highest BCUT2D eigenvalue weighted by Gasteiger charge is 2.37. The van der Waals surface area contributed by atoms with Gasteiger partial charge in [-0.3, -0.25) is 0 Å². The van der Waals surface area contributed by atoms with Gasteiger partial charge in [-0.1, -0.05) is 20.8 Å². The van der Waals surface area contributed by atoms with Crippen molar-refractivity contribution in [3.63, 3.8) is 0 Å². The Morgan fingerprint density at radius 1 is 1.04 bits per heavy atom. The summed E-state index contributed by atoms with van der Waals surface area (Å²) in [7, 11) is 1.10. The van der Waals surface area contributed by atoms with Crippen LogP contribution in [-0.2, 0) is 10.8 Å². The molecule has 5 nitrogen and oxygen atoms in total. The van der Waals surface area contributed by atoms with E-state index < -0.39 is 8.32 Å². The van der Waals surface area contributed by atoms with Gasteiger partial charge in [0.05, 0.1) is 25.3 Å². The fraction of sp³-hybridized carbons (Fsp3) is 0.556. The normalized spacial score (nSPS) is 12.5. The summed E-state index contributed by atoms with van der Waals surface area (Å²) < 4.78 is 30.9. The van der Waals surface area contributed by atoms with Crippen molar-refractivity contribution >= 4 is 19.4 Å². The van der Waals surface area contributed by atoms with E-state index in [1.807, 2.05) is 0 Å². The Morgan fingerprint density at radius 2 is 1.64 bits per heavy atom. The Morgan fingerprint density at radius 3 is 2.20 bits per heavy atom. The van der Waals surface area contributed by atoms with Crippen LogP contribution in [0.4, 0.5) is 4.39 Å². The molecule has 0 N–H and O–H groups in total. The van der Waals surface area contributed by atoms with Crippen LogP contribution >= 0.6 is 0 Å². The smallest absolute Gasteiger partial charge is 0.278 e. The molecule has 25 heavy (non-hydrogen) atoms. The number of hydrogen-bond donors (Lipinski definition) is 0. The van der Waals surface area contributed by atoms with Crippen LogP contribution in [-0.4, -0.2) is 39.1 Å². The lowest BCUT2D eigenvalue weighted by Gasteiger charge is -2.36. The molecule has 7 heteroatoms. The van der Waals surface area contributed by atoms with E-state index >= 15 is 0 Å². The Balaban J connectivity index is 2.33. The molecule has 0 aliphatic carbocycles. The molecule has 0 aliphatic rings. The molecule has 2 aromatic rings. The highest BCUT2D eigenvalue weighted by atomic mass is 28.4. The maximum Gasteiger partial charge on any atom is 0.278 e. The van der Waals surface area contributed by atoms with Gasteiger partial charge in [-0.25, -0.2) is 14.4 Å². The number of fused-ring (bicyclic) bond motifs is 1. The molecule has 1 heterocycles. The zero-order valence-electron chi connectivity index (χ0n) is 16.1. The molecule has 0 saturated heterocycles. The maximum absolute atomic E-state index is 14.4. The van der Waals surface area contributed by atoms with Gasteiger partial charge < -0.3 is 13.9 Å². The van der Waals surface area contributed by atoms with Gasteiger partial charge in [0.1, 0.15) is 5.82 Å². The molecular formula is C18H27FN2O3Si. The van der Waals surface area contributed by atoms with Gasteiger partial charge in [0, 0.05) is 12.2 Å². The van der Waals surface area contributed by atoms with Crippen LogP contribution < -0.4 is 9.47 Å². The van der Waals surface area contributed by atoms with Crippen LogP contribution in [0.5, 0.6) is 11.8 Å². The summed E-state index contributed by atoms with van der Waals surface area (Å²) in [6.07, 6.45) is 0.430. The maximum atomic E-state index is 14.4. The Kier molecular flexibility index (Phi) is 5.68. The molecule has 138 valence electrons. The topological polar surface area (TPSA) is 53.5 Å². The predicted octanol–water partition coefficient (Wildman–Crippen LogP) is 4.35. The third-order valence-electron chi connectivity index (χ3n) is 4.83. The lowest BCUT2D eigenvalue weighted by Crippen LogP contribution is -2.41. The molecule has 0 bridgehead atoms. The molecular weight excluding hydrogens is 339 g/mol. The average Bonchev–Trinajstić information content (AvgIpc) is 2.54. The highest BCUT2D eigenvalue weighted by molar-refractivity contribution is 6.74. The van der Waals surface area contributed by atoms with E-state index in [0.717, 1.165) is 0 Å². The van der Waals surface area contributed by atoms with Gasteiger partial charge in [0.15, 0.2) is 8.32 Å². The van der Waals surface area contributed by atoms with Crippen molar-refractivity contribution in [3.05, 3.63) is 23.5 Å². The first-order chi connectivity index (χ1) is 11.6. The van der Waals surface area contributed by atoms with Crippen LogP contribution in [0, 0.1) is 5.82 Å². The van der Waals surface area contributed by atoms with Gasteiger partial charge >= 0.3 is 0 Å². The summed E-state index contributed by atoms with van der Waals surface area (Å²) in [5.41, 5.74) is 1.54. The van der Waals surface area contributed by atoms with Gasteiger partial charge in [-0.15, -0.1) is 0 Å². The third-order valence-corrected chi connectivity index (χ3v) is 9.37. The molecule has 0 unspecified atom stereocenters. The van der Waals surface area contributed by atoms with E-state index in [1.165, 1.54) is 20.3 Å². The average molecular weight is 367 g/mol. The minimum Gasteiger partial charge on any atom is -0.477 e. The molecule has 0 spiro atoms. The molecule has 0 aliphatic heterocycles. The lowest BCUT2D eigenvalue weighted by molar-refractivity contribution is 0.290. The number of hydrogen-bond acceptors (Lipinski definition) is 5. The number of ether oxygens (including phenoxy) is 2. The summed E-state index contributed by atoms with van der Waals surface area (Å²) >= 11 is 0. The van der Waals surface area contributed by atoms with Crippen LogP contribution in [0.2, 0.25) is 18.1 Å². The number of halogens is 1. The first kappa shape index (κ1) is 19.6. The van der Waals surface area contributed by atoms with E-state index in [1.54, 1.807) is 6.07 Å². The fourth-order valence-electron chi connectivity index (χ4n) is 2.25. The molecule has 2 rings (SSSR count). The Bertz CT molecular complexity index is 760. The zero-order valence-corrected chi connectivity index (χ0v) is 17.1. The van der Waals surface area contributed by atoms with Crippen LogP contribution in [0.25, 0.3) is 11.0 Å². The molecule has 1 aromatic carbocycles. The highest BCUT2D eigenvalue weighted by Crippen LogP contribution is 2.36. The van der Waals surface area contributed by atoms with E-state index in [4.69, 9.17) is 13.9 Å². The van der Waals surface area contributed by atoms with E-state index in [9.17, 15) is 4.39 Å². The summed E-state index contributed by atoms with van der Waals surface area (Å²) in [5.74, 6) is 0.213. The van der Waals surface area contributed by atoms with Crippen molar-refractivity contribution in [2.24, 2.45) is 0 Å². The van der Waals surface area contributed by atoms with Gasteiger partial charge in [0.2, 0.25) is 0 Å². The summed E-state index contributed by atoms with van der Waals surface area (Å²) in [4.78, 5) is 8.75. The largest absolute Gasteiger partial charge is 0.477 e. The van der Waals surface area contributed by atoms with Crippen molar-refractivity contribution in [1.29, 1.82) is 0 Å². The third kappa shape index (κ3) is 4.09. The predicted molar refractivity (Wildman–Crippen MR) is 99.5 cm³/mol. The van der Waals surface area contributed by atoms with Crippen molar-refractivity contribution in [2.75, 3.05) is 20.8 Å². The van der Waals surface area contributed by atoms with E-state index in [-0.39, 0.29) is 22.6 Å². The summed E-state index contributed by atoms with van der Waals surface area (Å²) in [6, 6.07) is 3.00. The minimum absolute atomic E-state index is 0.112. The number of aromatic nitrogens is 2. The monoisotopic (exact) mass is 366 g/mol. The number of rotatable bonds is 6. The Hall–Kier alpha value is -1.73. The van der Waals surface area contributed by atoms with E-state index in [2.05, 4.69) is 43.8 Å². The Labute approximate surface area is 149 Å². The first-order valence-electron chi connectivity index (χ1n) is 8.32. The fourth-order valence-corrected chi connectivity index (χ4v) is 3.29. The first-order valence-corrected chi connectivity index (χ1v) is 11.2. The molecule has 0 atom stereocenters. The van der Waals surface area contributed by atoms with Gasteiger partial charge in [-0.05, 0) is 36.7 Å². The standard InChI is InChI=1S/C18H27FN2O3Si/c1-18(2,3)25(6,7)24-11-10-12-13(19)8-9-14-15(12)21-17(23-5)16(20-14)22-4/h8-9H,10-11H2,1-7H3. The van der Waals surface area contributed by atoms with Crippen molar-refractivity contribution in [2.45, 2.75) is 45.3 Å². The molecule has 1 aromatic heterocycles. The summed E-state index contributed by atoms with van der Waals surface area (Å²) in [5, 5.41) is 0.112. The van der Waals surface area contributed by atoms with Crippen LogP contribution in [0.3, 0.4) is 0 Å². The summed E-state index contributed by atoms with van der Waals surface area (Å²) in [6.45, 7) is 11.4. The van der Waals surface area contributed by atoms with Crippen molar-refractivity contribution in [1.82, 2.24) is 9.97 Å². The lowest BCUT2D eigenvalue weighted by atomic mass is 10.1. The number of nitrogens with zero attached hydrogens (tertiary/aromatic N) is 2. The molecule has 0 fully saturated rings. The second-order valence-corrected chi connectivity index (χ2v) is 12.3. The SMILES string of the molecule is COc1nc2ccc(F)c(CCO[Si](C)(C)C(C)(C)C)c2nc1OC. The number of methoxy groups -OCH3 is 2. The molecule has 0 saturated carbocycles. The number of benzene rings is 1. The quantitative estimate of drug-likeness (QED) is 0.712. The van der Waals surface area contributed by atoms with Crippen LogP contribution in [0.15, 0.2) is 12.1 Å². The zero-order chi connectivity index (χ0) is 18.8. The second-order valence-electron chi connectivity index (χ2n) is 7.49. The molecule has 0 amide bonds. The van der Waals surface area contributed by atoms with Crippen LogP contribution in [0.1, 0.15) is 26.3 Å². The van der Waals surface area contributed by atoms with Gasteiger partial charge in [0.25, 0.3) is 11.8 Å². The van der Waals surface area contributed by atoms with Crippen molar-refractivity contribution < 1.29 is 18.3 Å². The minimum atomic E-state index is -1.88. The van der Waals surface area contributed by atoms with Crippen molar-refractivity contribution in [3.8, 4) is 11.8 Å². The van der Waals surface area contributed by atoms with E-state index in [0.29, 0.717) is 29.6 Å². The van der Waals surface area contributed by atoms with Gasteiger partial charge in [-0.2, -0.15) is 0 Å². The molecule has 0 radical (unpaired) electrons. The second kappa shape index (κ2) is 7.25.